The zero-order chi connectivity index (χ0) is 32.4. The molecule has 3 nitrogen and oxygen atoms in total. The molecule has 0 heterocycles. The molecular formula is C22H11F15MoN3P2+5. The number of halogens is 15. The van der Waals surface area contributed by atoms with Crippen molar-refractivity contribution in [3.63, 3.8) is 0 Å². The van der Waals surface area contributed by atoms with Crippen LogP contribution in [-0.2, 0) is 21.1 Å². The van der Waals surface area contributed by atoms with Gasteiger partial charge in [-0.15, -0.1) is 0 Å². The fraction of sp³-hybridized carbons (Fsp3) is 0. The Morgan fingerprint density at radius 3 is 0.605 bits per heavy atom. The van der Waals surface area contributed by atoms with Crippen LogP contribution in [0.15, 0.2) is 36.4 Å². The number of hydrogen-bond donors (Lipinski definition) is 0. The molecule has 0 aliphatic rings. The maximum Gasteiger partial charge on any atom is 4.00 e. The largest absolute Gasteiger partial charge is 4.00 e. The second kappa shape index (κ2) is 24.1. The maximum absolute atomic E-state index is 12.4. The third kappa shape index (κ3) is 20.2. The van der Waals surface area contributed by atoms with Crippen LogP contribution < -0.4 is 0 Å². The van der Waals surface area contributed by atoms with Crippen LogP contribution in [0.5, 0.6) is 0 Å². The van der Waals surface area contributed by atoms with Crippen molar-refractivity contribution in [2.45, 2.75) is 0 Å². The summed E-state index contributed by atoms with van der Waals surface area (Å²) in [7, 11) is -8.76. The van der Waals surface area contributed by atoms with E-state index in [1.165, 1.54) is 0 Å². The van der Waals surface area contributed by atoms with Crippen molar-refractivity contribution in [1.29, 1.82) is 0 Å². The van der Waals surface area contributed by atoms with E-state index >= 15 is 0 Å². The predicted octanol–water partition coefficient (Wildman–Crippen LogP) is 12.1. The van der Waals surface area contributed by atoms with Crippen LogP contribution in [0.2, 0.25) is 0 Å². The first kappa shape index (κ1) is 46.6. The summed E-state index contributed by atoms with van der Waals surface area (Å²) >= 11 is 0. The van der Waals surface area contributed by atoms with Crippen molar-refractivity contribution in [1.82, 2.24) is 0 Å². The van der Waals surface area contributed by atoms with Crippen LogP contribution in [0.4, 0.5) is 81.8 Å². The van der Waals surface area contributed by atoms with Gasteiger partial charge in [-0.25, -0.2) is 54.0 Å². The van der Waals surface area contributed by atoms with E-state index in [9.17, 15) is 64.7 Å². The molecule has 0 unspecified atom stereocenters. The first-order chi connectivity index (χ1) is 18.9. The van der Waals surface area contributed by atoms with E-state index in [-0.39, 0.29) is 28.5 Å². The van der Waals surface area contributed by atoms with Crippen molar-refractivity contribution in [2.75, 3.05) is 0 Å². The summed E-state index contributed by atoms with van der Waals surface area (Å²) in [6.45, 7) is 19.0. The summed E-state index contributed by atoms with van der Waals surface area (Å²) in [6.07, 6.45) is 0. The molecule has 21 heteroatoms. The number of benzene rings is 3. The molecule has 3 aromatic carbocycles. The van der Waals surface area contributed by atoms with Crippen molar-refractivity contribution >= 4 is 34.8 Å². The van der Waals surface area contributed by atoms with Gasteiger partial charge in [-0.2, -0.15) is 0 Å². The summed E-state index contributed by atoms with van der Waals surface area (Å²) in [4.78, 5) is 7.63. The average molecular weight is 760 g/mol. The molecule has 3 aromatic rings. The third-order valence-corrected chi connectivity index (χ3v) is 3.28. The van der Waals surface area contributed by atoms with E-state index in [2.05, 4.69) is 14.5 Å². The SMILES string of the molecule is F[PH+](F)F.F[PH+](F)F.[C-]#[N+]c1c(F)cc(F)cc1F.[C-]#[N+]c1c(F)cc(F)cc1F.[C-]#[N+]c1c(F)cc(F)cc1F.[CH3-].[Mo+4]. The summed E-state index contributed by atoms with van der Waals surface area (Å²) in [6, 6.07) is 2.81. The predicted molar refractivity (Wildman–Crippen MR) is 127 cm³/mol. The van der Waals surface area contributed by atoms with E-state index in [0.29, 0.717) is 36.4 Å². The van der Waals surface area contributed by atoms with Crippen LogP contribution in [0.25, 0.3) is 14.5 Å². The van der Waals surface area contributed by atoms with E-state index in [1.807, 2.05) is 0 Å². The van der Waals surface area contributed by atoms with E-state index in [0.717, 1.165) is 0 Å². The fourth-order valence-corrected chi connectivity index (χ4v) is 1.92. The zero-order valence-electron chi connectivity index (χ0n) is 20.4. The Bertz CT molecular complexity index is 1180. The van der Waals surface area contributed by atoms with Crippen LogP contribution in [0.1, 0.15) is 0 Å². The molecule has 0 bridgehead atoms. The molecule has 0 fully saturated rings. The van der Waals surface area contributed by atoms with Gasteiger partial charge >= 0.3 is 38.8 Å². The Hall–Kier alpha value is -3.37. The normalized spacial score (nSPS) is 8.79. The van der Waals surface area contributed by atoms with Crippen molar-refractivity contribution in [2.24, 2.45) is 0 Å². The molecule has 0 aliphatic carbocycles. The smallest absolute Gasteiger partial charge is 0.358 e. The molecule has 0 N–H and O–H groups in total. The van der Waals surface area contributed by atoms with Gasteiger partial charge in [0.15, 0.2) is 0 Å². The summed E-state index contributed by atoms with van der Waals surface area (Å²) in [5, 5.41) is 0. The van der Waals surface area contributed by atoms with E-state index in [1.54, 1.807) is 0 Å². The quantitative estimate of drug-likeness (QED) is 0.0937. The molecule has 230 valence electrons. The monoisotopic (exact) mass is 762 g/mol. The number of hydrogen-bond acceptors (Lipinski definition) is 0. The van der Waals surface area contributed by atoms with Gasteiger partial charge in [0.1, 0.15) is 52.4 Å². The fourth-order valence-electron chi connectivity index (χ4n) is 1.92. The molecule has 0 saturated carbocycles. The summed E-state index contributed by atoms with van der Waals surface area (Å²) in [5.41, 5.74) is -2.32. The molecule has 0 amide bonds. The van der Waals surface area contributed by atoms with Gasteiger partial charge in [0, 0.05) is 25.2 Å². The summed E-state index contributed by atoms with van der Waals surface area (Å²) in [5.74, 6) is -10.1. The van der Waals surface area contributed by atoms with Gasteiger partial charge in [0.2, 0.25) is 0 Å². The molecule has 3 rings (SSSR count). The Morgan fingerprint density at radius 2 is 0.512 bits per heavy atom. The molecule has 0 aromatic heterocycles. The topological polar surface area (TPSA) is 13.1 Å². The van der Waals surface area contributed by atoms with Gasteiger partial charge in [0.25, 0.3) is 17.1 Å². The third-order valence-electron chi connectivity index (χ3n) is 3.28. The minimum Gasteiger partial charge on any atom is -0.358 e. The molecule has 0 spiro atoms. The molecule has 0 saturated heterocycles. The van der Waals surface area contributed by atoms with Crippen LogP contribution in [0, 0.1) is 79.5 Å². The van der Waals surface area contributed by atoms with Crippen molar-refractivity contribution < 1.29 is 85.8 Å². The van der Waals surface area contributed by atoms with Gasteiger partial charge in [-0.3, -0.25) is 0 Å². The maximum atomic E-state index is 12.4. The van der Waals surface area contributed by atoms with E-state index < -0.39 is 87.1 Å². The molecule has 0 aliphatic heterocycles. The van der Waals surface area contributed by atoms with Crippen LogP contribution >= 0.6 is 17.7 Å². The van der Waals surface area contributed by atoms with Crippen LogP contribution in [0.3, 0.4) is 0 Å². The first-order valence-electron chi connectivity index (χ1n) is 9.14. The average Bonchev–Trinajstić information content (AvgIpc) is 2.78. The Kier molecular flexibility index (Phi) is 26.1. The second-order valence-corrected chi connectivity index (χ2v) is 6.78. The second-order valence-electron chi connectivity index (χ2n) is 5.92. The molecular weight excluding hydrogens is 749 g/mol. The van der Waals surface area contributed by atoms with E-state index in [4.69, 9.17) is 19.7 Å². The number of rotatable bonds is 0. The van der Waals surface area contributed by atoms with Crippen molar-refractivity contribution in [3.05, 3.63) is 130 Å². The van der Waals surface area contributed by atoms with Gasteiger partial charge in [0.05, 0.1) is 19.7 Å². The molecule has 43 heavy (non-hydrogen) atoms. The van der Waals surface area contributed by atoms with Crippen molar-refractivity contribution in [3.8, 4) is 0 Å². The van der Waals surface area contributed by atoms with Crippen LogP contribution in [-0.4, -0.2) is 0 Å². The Morgan fingerprint density at radius 1 is 0.395 bits per heavy atom. The Balaban J connectivity index is -0.000000231. The molecule has 0 atom stereocenters. The van der Waals surface area contributed by atoms with Gasteiger partial charge in [-0.05, 0) is 36.4 Å². The minimum atomic E-state index is -4.38. The number of nitrogens with zero attached hydrogens (tertiary/aromatic N) is 3. The molecule has 0 radical (unpaired) electrons. The minimum absolute atomic E-state index is 0. The van der Waals surface area contributed by atoms with Gasteiger partial charge < -0.3 is 7.43 Å². The van der Waals surface area contributed by atoms with Gasteiger partial charge in [-0.1, -0.05) is 0 Å². The Labute approximate surface area is 250 Å². The summed E-state index contributed by atoms with van der Waals surface area (Å²) < 4.78 is 170. The first-order valence-corrected chi connectivity index (χ1v) is 11.4. The standard InChI is InChI=1S/3C7H2F3N.CH3.2F3HP.Mo/c3*1-11-7-5(9)2-4(8)3-6(7)10;;2*1-4(2)3;/h3*2-3H;1H3;2*4H;/q;;;-1;2*+1;+4. The zero-order valence-corrected chi connectivity index (χ0v) is 24.4.